The number of hydrogen-bond donors (Lipinski definition) is 1. The van der Waals surface area contributed by atoms with Gasteiger partial charge in [-0.3, -0.25) is 4.79 Å². The standard InChI is InChI=1S/C16H17ClN2O/c1-16(2,3)12-6-4-11(5-7-12)15(20)19-13-8-9-14(17)18-10-13/h4-10H,1-3H3,(H,19,20). The number of carbonyl (C=O) groups excluding carboxylic acids is 1. The smallest absolute Gasteiger partial charge is 0.255 e. The minimum atomic E-state index is -0.158. The molecule has 1 aromatic heterocycles. The second-order valence-electron chi connectivity index (χ2n) is 5.65. The summed E-state index contributed by atoms with van der Waals surface area (Å²) in [6.07, 6.45) is 1.53. The predicted molar refractivity (Wildman–Crippen MR) is 82.3 cm³/mol. The van der Waals surface area contributed by atoms with Crippen LogP contribution in [-0.4, -0.2) is 10.9 Å². The Hall–Kier alpha value is -1.87. The first-order chi connectivity index (χ1) is 9.36. The van der Waals surface area contributed by atoms with Crippen LogP contribution in [0.25, 0.3) is 0 Å². The minimum Gasteiger partial charge on any atom is -0.321 e. The van der Waals surface area contributed by atoms with Crippen LogP contribution in [0.15, 0.2) is 42.6 Å². The number of halogens is 1. The molecule has 104 valence electrons. The third kappa shape index (κ3) is 3.58. The highest BCUT2D eigenvalue weighted by atomic mass is 35.5. The van der Waals surface area contributed by atoms with E-state index >= 15 is 0 Å². The summed E-state index contributed by atoms with van der Waals surface area (Å²) in [5.41, 5.74) is 2.52. The van der Waals surface area contributed by atoms with Gasteiger partial charge in [0.15, 0.2) is 0 Å². The van der Waals surface area contributed by atoms with E-state index in [9.17, 15) is 4.79 Å². The van der Waals surface area contributed by atoms with E-state index in [1.165, 1.54) is 11.8 Å². The Morgan fingerprint density at radius 1 is 1.10 bits per heavy atom. The van der Waals surface area contributed by atoms with Crippen molar-refractivity contribution < 1.29 is 4.79 Å². The number of rotatable bonds is 2. The number of amides is 1. The Morgan fingerprint density at radius 2 is 1.75 bits per heavy atom. The molecule has 20 heavy (non-hydrogen) atoms. The van der Waals surface area contributed by atoms with Crippen LogP contribution in [0.1, 0.15) is 36.7 Å². The van der Waals surface area contributed by atoms with E-state index in [1.54, 1.807) is 12.1 Å². The number of benzene rings is 1. The van der Waals surface area contributed by atoms with Crippen molar-refractivity contribution in [3.63, 3.8) is 0 Å². The summed E-state index contributed by atoms with van der Waals surface area (Å²) in [6, 6.07) is 11.0. The van der Waals surface area contributed by atoms with Gasteiger partial charge in [0.25, 0.3) is 5.91 Å². The van der Waals surface area contributed by atoms with Crippen LogP contribution in [0.3, 0.4) is 0 Å². The highest BCUT2D eigenvalue weighted by molar-refractivity contribution is 6.29. The largest absolute Gasteiger partial charge is 0.321 e. The van der Waals surface area contributed by atoms with E-state index in [0.717, 1.165) is 0 Å². The molecule has 0 saturated carbocycles. The summed E-state index contributed by atoms with van der Waals surface area (Å²) in [5.74, 6) is -0.158. The lowest BCUT2D eigenvalue weighted by Gasteiger charge is -2.19. The second-order valence-corrected chi connectivity index (χ2v) is 6.04. The molecule has 4 heteroatoms. The highest BCUT2D eigenvalue weighted by Crippen LogP contribution is 2.22. The lowest BCUT2D eigenvalue weighted by molar-refractivity contribution is 0.102. The van der Waals surface area contributed by atoms with Crippen LogP contribution in [0.4, 0.5) is 5.69 Å². The van der Waals surface area contributed by atoms with Crippen LogP contribution in [0, 0.1) is 0 Å². The number of nitrogens with one attached hydrogen (secondary N) is 1. The molecule has 1 heterocycles. The molecule has 0 bridgehead atoms. The number of pyridine rings is 1. The first-order valence-corrected chi connectivity index (χ1v) is 6.77. The fourth-order valence-electron chi connectivity index (χ4n) is 1.77. The molecule has 0 fully saturated rings. The summed E-state index contributed by atoms with van der Waals surface area (Å²) in [7, 11) is 0. The lowest BCUT2D eigenvalue weighted by Crippen LogP contribution is -2.14. The molecule has 3 nitrogen and oxygen atoms in total. The van der Waals surface area contributed by atoms with Crippen molar-refractivity contribution in [2.24, 2.45) is 0 Å². The number of anilines is 1. The Balaban J connectivity index is 2.11. The number of aromatic nitrogens is 1. The SMILES string of the molecule is CC(C)(C)c1ccc(C(=O)Nc2ccc(Cl)nc2)cc1. The van der Waals surface area contributed by atoms with Gasteiger partial charge in [-0.1, -0.05) is 44.5 Å². The van der Waals surface area contributed by atoms with Gasteiger partial charge in [0.1, 0.15) is 5.15 Å². The number of carbonyl (C=O) groups is 1. The molecule has 0 unspecified atom stereocenters. The topological polar surface area (TPSA) is 42.0 Å². The van der Waals surface area contributed by atoms with Crippen molar-refractivity contribution in [3.05, 3.63) is 58.9 Å². The van der Waals surface area contributed by atoms with E-state index in [4.69, 9.17) is 11.6 Å². The average molecular weight is 289 g/mol. The summed E-state index contributed by atoms with van der Waals surface area (Å²) in [5, 5.41) is 3.18. The molecule has 0 spiro atoms. The molecule has 0 aliphatic carbocycles. The predicted octanol–water partition coefficient (Wildman–Crippen LogP) is 4.28. The molecule has 1 aromatic carbocycles. The fraction of sp³-hybridized carbons (Fsp3) is 0.250. The Morgan fingerprint density at radius 3 is 2.25 bits per heavy atom. The fourth-order valence-corrected chi connectivity index (χ4v) is 1.89. The van der Waals surface area contributed by atoms with Crippen molar-refractivity contribution in [2.45, 2.75) is 26.2 Å². The first kappa shape index (κ1) is 14.5. The Labute approximate surface area is 124 Å². The van der Waals surface area contributed by atoms with E-state index in [-0.39, 0.29) is 11.3 Å². The highest BCUT2D eigenvalue weighted by Gasteiger charge is 2.14. The third-order valence-electron chi connectivity index (χ3n) is 3.00. The van der Waals surface area contributed by atoms with Crippen molar-refractivity contribution in [2.75, 3.05) is 5.32 Å². The maximum atomic E-state index is 12.1. The molecular weight excluding hydrogens is 272 g/mol. The van der Waals surface area contributed by atoms with Crippen LogP contribution >= 0.6 is 11.6 Å². The quantitative estimate of drug-likeness (QED) is 0.838. The number of nitrogens with zero attached hydrogens (tertiary/aromatic N) is 1. The summed E-state index contributed by atoms with van der Waals surface area (Å²) >= 11 is 5.70. The molecule has 0 aliphatic heterocycles. The molecule has 0 saturated heterocycles. The van der Waals surface area contributed by atoms with Gasteiger partial charge in [0.05, 0.1) is 11.9 Å². The normalized spacial score (nSPS) is 11.2. The van der Waals surface area contributed by atoms with E-state index in [2.05, 4.69) is 31.1 Å². The Bertz CT molecular complexity index is 598. The molecule has 0 radical (unpaired) electrons. The Kier molecular flexibility index (Phi) is 4.09. The summed E-state index contributed by atoms with van der Waals surface area (Å²) in [6.45, 7) is 6.42. The molecule has 1 amide bonds. The lowest BCUT2D eigenvalue weighted by atomic mass is 9.87. The zero-order chi connectivity index (χ0) is 14.8. The average Bonchev–Trinajstić information content (AvgIpc) is 2.40. The van der Waals surface area contributed by atoms with Crippen LogP contribution in [0.2, 0.25) is 5.15 Å². The van der Waals surface area contributed by atoms with E-state index in [1.807, 2.05) is 24.3 Å². The van der Waals surface area contributed by atoms with Gasteiger partial charge < -0.3 is 5.32 Å². The van der Waals surface area contributed by atoms with Gasteiger partial charge in [0.2, 0.25) is 0 Å². The second kappa shape index (κ2) is 5.63. The van der Waals surface area contributed by atoms with E-state index in [0.29, 0.717) is 16.4 Å². The minimum absolute atomic E-state index is 0.0785. The summed E-state index contributed by atoms with van der Waals surface area (Å²) < 4.78 is 0. The third-order valence-corrected chi connectivity index (χ3v) is 3.22. The van der Waals surface area contributed by atoms with Crippen molar-refractivity contribution in [1.29, 1.82) is 0 Å². The van der Waals surface area contributed by atoms with Crippen molar-refractivity contribution >= 4 is 23.2 Å². The first-order valence-electron chi connectivity index (χ1n) is 6.40. The number of hydrogen-bond acceptors (Lipinski definition) is 2. The zero-order valence-corrected chi connectivity index (χ0v) is 12.5. The van der Waals surface area contributed by atoms with Gasteiger partial charge in [-0.25, -0.2) is 4.98 Å². The van der Waals surface area contributed by atoms with Crippen molar-refractivity contribution in [3.8, 4) is 0 Å². The van der Waals surface area contributed by atoms with Gasteiger partial charge in [-0.2, -0.15) is 0 Å². The zero-order valence-electron chi connectivity index (χ0n) is 11.8. The molecule has 2 aromatic rings. The monoisotopic (exact) mass is 288 g/mol. The molecule has 0 atom stereocenters. The van der Waals surface area contributed by atoms with Gasteiger partial charge >= 0.3 is 0 Å². The van der Waals surface area contributed by atoms with Gasteiger partial charge in [-0.15, -0.1) is 0 Å². The van der Waals surface area contributed by atoms with Crippen LogP contribution in [-0.2, 0) is 5.41 Å². The maximum Gasteiger partial charge on any atom is 0.255 e. The molecule has 0 aliphatic rings. The molecule has 2 rings (SSSR count). The van der Waals surface area contributed by atoms with Gasteiger partial charge in [-0.05, 0) is 35.2 Å². The summed E-state index contributed by atoms with van der Waals surface area (Å²) in [4.78, 5) is 16.0. The van der Waals surface area contributed by atoms with Gasteiger partial charge in [0, 0.05) is 5.56 Å². The van der Waals surface area contributed by atoms with Crippen molar-refractivity contribution in [1.82, 2.24) is 4.98 Å². The van der Waals surface area contributed by atoms with E-state index < -0.39 is 0 Å². The van der Waals surface area contributed by atoms with Crippen LogP contribution in [0.5, 0.6) is 0 Å². The molecule has 1 N–H and O–H groups in total. The maximum absolute atomic E-state index is 12.1. The van der Waals surface area contributed by atoms with Crippen LogP contribution < -0.4 is 5.32 Å². The molecular formula is C16H17ClN2O.